The summed E-state index contributed by atoms with van der Waals surface area (Å²) in [6.45, 7) is 1.38. The average molecular weight is 1100 g/mol. The van der Waals surface area contributed by atoms with Gasteiger partial charge in [-0.15, -0.1) is 0 Å². The molecule has 16 heteroatoms. The Hall–Kier alpha value is -9.38. The molecule has 0 fully saturated rings. The lowest BCUT2D eigenvalue weighted by atomic mass is 10.1. The minimum atomic E-state index is -2.25. The first kappa shape index (κ1) is 58.3. The number of rotatable bonds is 18. The summed E-state index contributed by atoms with van der Waals surface area (Å²) < 4.78 is 159. The van der Waals surface area contributed by atoms with Crippen molar-refractivity contribution in [3.8, 4) is 58.9 Å². The highest BCUT2D eigenvalue weighted by molar-refractivity contribution is 5.95. The second-order valence-corrected chi connectivity index (χ2v) is 17.5. The van der Waals surface area contributed by atoms with Gasteiger partial charge in [0.25, 0.3) is 0 Å². The van der Waals surface area contributed by atoms with Crippen LogP contribution in [0.1, 0.15) is 117 Å². The Morgan fingerprint density at radius 3 is 0.850 bits per heavy atom. The Kier molecular flexibility index (Phi) is 21.0. The summed E-state index contributed by atoms with van der Waals surface area (Å²) in [6, 6.07) is 32.9. The summed E-state index contributed by atoms with van der Waals surface area (Å²) in [7, 11) is 0. The minimum Gasteiger partial charge on any atom is -0.494 e. The van der Waals surface area contributed by atoms with Crippen molar-refractivity contribution >= 4 is 11.9 Å². The highest BCUT2D eigenvalue weighted by Crippen LogP contribution is 2.24. The highest BCUT2D eigenvalue weighted by atomic mass is 19.2. The van der Waals surface area contributed by atoms with E-state index >= 15 is 0 Å². The van der Waals surface area contributed by atoms with Gasteiger partial charge in [0.2, 0.25) is 11.6 Å². The molecule has 0 unspecified atom stereocenters. The molecule has 0 aromatic heterocycles. The maximum Gasteiger partial charge on any atom is 0.338 e. The summed E-state index contributed by atoms with van der Waals surface area (Å²) in [6.07, 6.45) is 6.13. The molecule has 7 rings (SSSR count). The van der Waals surface area contributed by atoms with Crippen LogP contribution in [0.4, 0.5) is 43.9 Å². The lowest BCUT2D eigenvalue weighted by Crippen LogP contribution is -2.10. The fourth-order valence-corrected chi connectivity index (χ4v) is 7.30. The van der Waals surface area contributed by atoms with Gasteiger partial charge in [0.05, 0.1) is 37.6 Å². The van der Waals surface area contributed by atoms with E-state index in [9.17, 15) is 53.5 Å². The van der Waals surface area contributed by atoms with E-state index in [0.29, 0.717) is 59.8 Å². The summed E-state index contributed by atoms with van der Waals surface area (Å²) in [5.74, 6) is 0.286. The molecule has 0 saturated heterocycles. The zero-order chi connectivity index (χ0) is 57.0. The minimum absolute atomic E-state index is 0.214. The van der Waals surface area contributed by atoms with Gasteiger partial charge in [-0.2, -0.15) is 0 Å². The first-order valence-electron chi connectivity index (χ1n) is 24.9. The van der Waals surface area contributed by atoms with Gasteiger partial charge in [0.1, 0.15) is 22.6 Å². The van der Waals surface area contributed by atoms with Crippen molar-refractivity contribution in [1.29, 1.82) is 0 Å². The van der Waals surface area contributed by atoms with Crippen LogP contribution in [0.15, 0.2) is 121 Å². The van der Waals surface area contributed by atoms with Gasteiger partial charge >= 0.3 is 11.9 Å². The van der Waals surface area contributed by atoms with Crippen LogP contribution in [0.5, 0.6) is 11.5 Å². The number of unbranched alkanes of at least 4 members (excludes halogenated alkanes) is 6. The van der Waals surface area contributed by atoms with Crippen LogP contribution in [0.3, 0.4) is 0 Å². The van der Waals surface area contributed by atoms with Crippen LogP contribution in [-0.4, -0.2) is 38.4 Å². The Balaban J connectivity index is 0.707. The molecule has 0 aliphatic heterocycles. The summed E-state index contributed by atoms with van der Waals surface area (Å²) >= 11 is 0. The molecular formula is C64H44F10O6. The van der Waals surface area contributed by atoms with Crippen LogP contribution >= 0.6 is 0 Å². The summed E-state index contributed by atoms with van der Waals surface area (Å²) in [5, 5.41) is 0. The van der Waals surface area contributed by atoms with Crippen molar-refractivity contribution in [3.63, 3.8) is 0 Å². The highest BCUT2D eigenvalue weighted by Gasteiger charge is 2.26. The van der Waals surface area contributed by atoms with Crippen molar-refractivity contribution in [2.24, 2.45) is 0 Å². The fraction of sp³-hybridized carbons (Fsp3) is 0.188. The predicted molar refractivity (Wildman–Crippen MR) is 277 cm³/mol. The Morgan fingerprint density at radius 1 is 0.300 bits per heavy atom. The second-order valence-electron chi connectivity index (χ2n) is 17.5. The van der Waals surface area contributed by atoms with Gasteiger partial charge in [-0.3, -0.25) is 0 Å². The van der Waals surface area contributed by atoms with Crippen molar-refractivity contribution in [1.82, 2.24) is 0 Å². The van der Waals surface area contributed by atoms with Crippen molar-refractivity contribution in [2.45, 2.75) is 51.4 Å². The number of ether oxygens (including phenoxy) is 4. The van der Waals surface area contributed by atoms with Crippen LogP contribution in [-0.2, 0) is 9.47 Å². The van der Waals surface area contributed by atoms with Gasteiger partial charge < -0.3 is 18.9 Å². The predicted octanol–water partition coefficient (Wildman–Crippen LogP) is 14.3. The monoisotopic (exact) mass is 1100 g/mol. The van der Waals surface area contributed by atoms with Crippen LogP contribution < -0.4 is 9.47 Å². The number of carbonyl (C=O) groups is 2. The zero-order valence-electron chi connectivity index (χ0n) is 42.3. The maximum absolute atomic E-state index is 13.9. The molecule has 406 valence electrons. The Morgan fingerprint density at radius 2 is 0.550 bits per heavy atom. The van der Waals surface area contributed by atoms with Gasteiger partial charge in [-0.1, -0.05) is 53.4 Å². The number of benzene rings is 7. The second kappa shape index (κ2) is 28.8. The van der Waals surface area contributed by atoms with E-state index < -0.39 is 81.2 Å². The Labute approximate surface area is 454 Å². The van der Waals surface area contributed by atoms with Crippen LogP contribution in [0, 0.1) is 106 Å². The third kappa shape index (κ3) is 16.3. The quantitative estimate of drug-likeness (QED) is 0.0213. The van der Waals surface area contributed by atoms with Crippen LogP contribution in [0.2, 0.25) is 0 Å². The smallest absolute Gasteiger partial charge is 0.338 e. The number of esters is 2. The van der Waals surface area contributed by atoms with E-state index in [1.165, 1.54) is 30.3 Å². The number of halogens is 10. The fourth-order valence-electron chi connectivity index (χ4n) is 7.30. The number of carbonyl (C=O) groups excluding carboxylic acids is 2. The molecule has 0 bridgehead atoms. The average Bonchev–Trinajstić information content (AvgIpc) is 3.49. The third-order valence-corrected chi connectivity index (χ3v) is 11.7. The van der Waals surface area contributed by atoms with E-state index in [2.05, 4.69) is 35.5 Å². The van der Waals surface area contributed by atoms with E-state index in [0.717, 1.165) is 38.5 Å². The first-order valence-corrected chi connectivity index (χ1v) is 24.9. The molecule has 0 heterocycles. The summed E-state index contributed by atoms with van der Waals surface area (Å²) in [5.41, 5.74) is 1.23. The van der Waals surface area contributed by atoms with Gasteiger partial charge in [0, 0.05) is 33.4 Å². The number of hydrogen-bond acceptors (Lipinski definition) is 6. The molecule has 7 aromatic carbocycles. The van der Waals surface area contributed by atoms with E-state index in [1.807, 2.05) is 11.8 Å². The van der Waals surface area contributed by atoms with Crippen LogP contribution in [0.25, 0.3) is 0 Å². The third-order valence-electron chi connectivity index (χ3n) is 11.7. The van der Waals surface area contributed by atoms with E-state index in [1.54, 1.807) is 91.0 Å². The van der Waals surface area contributed by atoms with Crippen molar-refractivity contribution in [3.05, 3.63) is 235 Å². The van der Waals surface area contributed by atoms with Crippen molar-refractivity contribution < 1.29 is 72.4 Å². The first-order chi connectivity index (χ1) is 38.7. The molecule has 80 heavy (non-hydrogen) atoms. The largest absolute Gasteiger partial charge is 0.494 e. The standard InChI is InChI=1S/C64H44F10O6/c65-53-51(54(66)58(70)61(73)57(53)69)34-28-43-18-12-41(13-19-43)16-22-45-24-30-49(31-25-45)77-36-5-1-3-7-38-79-63(75)47-10-9-11-48(40-47)64(76)80-39-8-4-2-6-37-78-50-32-26-46(27-33-50)23-17-42-14-20-44(21-15-42)29-35-52-55(67)59(71)62(74)60(72)56(52)68/h9-15,18-21,24-27,30-33,40H,1-8,36-39H2. The molecule has 6 nitrogen and oxygen atoms in total. The molecular weight excluding hydrogens is 1050 g/mol. The lowest BCUT2D eigenvalue weighted by Gasteiger charge is -2.08. The maximum atomic E-state index is 13.9. The molecule has 7 aromatic rings. The SMILES string of the molecule is O=C(OCCCCCCOc1ccc(C#Cc2ccc(C#Cc3c(F)c(F)c(F)c(F)c3F)cc2)cc1)c1cccc(C(=O)OCCCCCCOc2ccc(C#Cc3ccc(C#Cc4c(F)c(F)c(F)c(F)c4F)cc3)cc2)c1. The molecule has 0 atom stereocenters. The molecule has 0 amide bonds. The molecule has 0 aliphatic carbocycles. The van der Waals surface area contributed by atoms with E-state index in [4.69, 9.17) is 18.9 Å². The van der Waals surface area contributed by atoms with Gasteiger partial charge in [0.15, 0.2) is 46.5 Å². The normalized spacial score (nSPS) is 10.4. The Bertz CT molecular complexity index is 3320. The van der Waals surface area contributed by atoms with Gasteiger partial charge in [-0.05, 0) is 167 Å². The zero-order valence-corrected chi connectivity index (χ0v) is 42.3. The molecule has 0 aliphatic rings. The lowest BCUT2D eigenvalue weighted by molar-refractivity contribution is 0.0495. The molecule has 0 N–H and O–H groups in total. The van der Waals surface area contributed by atoms with E-state index in [-0.39, 0.29) is 35.5 Å². The molecule has 0 saturated carbocycles. The summed E-state index contributed by atoms with van der Waals surface area (Å²) in [4.78, 5) is 25.4. The molecule has 0 radical (unpaired) electrons. The molecule has 0 spiro atoms. The van der Waals surface area contributed by atoms with Gasteiger partial charge in [-0.25, -0.2) is 53.5 Å². The number of hydrogen-bond donors (Lipinski definition) is 0. The van der Waals surface area contributed by atoms with Crippen molar-refractivity contribution in [2.75, 3.05) is 26.4 Å². The topological polar surface area (TPSA) is 71.1 Å².